The zero-order chi connectivity index (χ0) is 14.7. The number of nitrogens with one attached hydrogen (secondary N) is 1. The van der Waals surface area contributed by atoms with E-state index in [4.69, 9.17) is 5.11 Å². The van der Waals surface area contributed by atoms with Crippen LogP contribution in [0.25, 0.3) is 0 Å². The van der Waals surface area contributed by atoms with E-state index in [2.05, 4.69) is 21.2 Å². The van der Waals surface area contributed by atoms with E-state index in [0.29, 0.717) is 10.2 Å². The molecule has 0 spiro atoms. The predicted molar refractivity (Wildman–Crippen MR) is 79.5 cm³/mol. The molecule has 20 heavy (non-hydrogen) atoms. The minimum Gasteiger partial charge on any atom is -0.478 e. The third-order valence-corrected chi connectivity index (χ3v) is 3.65. The van der Waals surface area contributed by atoms with Crippen LogP contribution in [0.3, 0.4) is 0 Å². The van der Waals surface area contributed by atoms with Crippen molar-refractivity contribution in [3.8, 4) is 0 Å². The Kier molecular flexibility index (Phi) is 4.39. The summed E-state index contributed by atoms with van der Waals surface area (Å²) in [6, 6.07) is 11.0. The quantitative estimate of drug-likeness (QED) is 0.865. The molecule has 1 unspecified atom stereocenters. The lowest BCUT2D eigenvalue weighted by Gasteiger charge is -2.18. The molecule has 0 radical (unpaired) electrons. The second kappa shape index (κ2) is 6.05. The van der Waals surface area contributed by atoms with Gasteiger partial charge in [-0.2, -0.15) is 0 Å². The van der Waals surface area contributed by atoms with Gasteiger partial charge in [0.1, 0.15) is 5.82 Å². The molecule has 0 saturated heterocycles. The van der Waals surface area contributed by atoms with Crippen LogP contribution in [0.2, 0.25) is 0 Å². The Morgan fingerprint density at radius 1 is 1.30 bits per heavy atom. The van der Waals surface area contributed by atoms with E-state index in [1.54, 1.807) is 24.3 Å². The molecule has 0 aromatic heterocycles. The van der Waals surface area contributed by atoms with Gasteiger partial charge >= 0.3 is 5.97 Å². The normalized spacial score (nSPS) is 11.9. The van der Waals surface area contributed by atoms with Gasteiger partial charge in [0.2, 0.25) is 0 Å². The van der Waals surface area contributed by atoms with Crippen LogP contribution in [-0.2, 0) is 0 Å². The van der Waals surface area contributed by atoms with Crippen LogP contribution in [0.1, 0.15) is 28.9 Å². The summed E-state index contributed by atoms with van der Waals surface area (Å²) in [4.78, 5) is 11.2. The van der Waals surface area contributed by atoms with Gasteiger partial charge < -0.3 is 10.4 Å². The van der Waals surface area contributed by atoms with Crippen molar-refractivity contribution in [1.29, 1.82) is 0 Å². The minimum absolute atomic E-state index is 0.162. The molecule has 0 heterocycles. The summed E-state index contributed by atoms with van der Waals surface area (Å²) in [5.41, 5.74) is 1.59. The highest BCUT2D eigenvalue weighted by Gasteiger charge is 2.14. The first-order valence-corrected chi connectivity index (χ1v) is 6.82. The maximum Gasteiger partial charge on any atom is 0.337 e. The number of halogens is 2. The van der Waals surface area contributed by atoms with Gasteiger partial charge in [0.05, 0.1) is 5.56 Å². The summed E-state index contributed by atoms with van der Waals surface area (Å²) >= 11 is 3.31. The molecule has 0 bridgehead atoms. The van der Waals surface area contributed by atoms with Crippen molar-refractivity contribution >= 4 is 27.6 Å². The number of hydrogen-bond acceptors (Lipinski definition) is 2. The van der Waals surface area contributed by atoms with E-state index in [1.165, 1.54) is 18.2 Å². The molecular formula is C15H13BrFNO2. The van der Waals surface area contributed by atoms with Crippen LogP contribution < -0.4 is 5.32 Å². The first kappa shape index (κ1) is 14.5. The lowest BCUT2D eigenvalue weighted by atomic mass is 10.1. The van der Waals surface area contributed by atoms with Gasteiger partial charge in [-0.3, -0.25) is 0 Å². The van der Waals surface area contributed by atoms with E-state index >= 15 is 0 Å². The van der Waals surface area contributed by atoms with Crippen LogP contribution in [0.15, 0.2) is 46.9 Å². The predicted octanol–water partition coefficient (Wildman–Crippen LogP) is 4.46. The Morgan fingerprint density at radius 3 is 2.65 bits per heavy atom. The number of anilines is 1. The first-order valence-electron chi connectivity index (χ1n) is 6.03. The maximum absolute atomic E-state index is 13.1. The minimum atomic E-state index is -0.988. The molecule has 0 fully saturated rings. The highest BCUT2D eigenvalue weighted by atomic mass is 79.9. The van der Waals surface area contributed by atoms with Gasteiger partial charge in [-0.05, 0) is 36.8 Å². The molecule has 3 nitrogen and oxygen atoms in total. The Labute approximate surface area is 124 Å². The molecule has 104 valence electrons. The van der Waals surface area contributed by atoms with E-state index in [1.807, 2.05) is 6.92 Å². The Morgan fingerprint density at radius 2 is 2.00 bits per heavy atom. The molecule has 0 saturated carbocycles. The van der Waals surface area contributed by atoms with Crippen LogP contribution in [0.4, 0.5) is 10.1 Å². The fraction of sp³-hybridized carbons (Fsp3) is 0.133. The Hall–Kier alpha value is -1.88. The average Bonchev–Trinajstić information content (AvgIpc) is 2.38. The first-order chi connectivity index (χ1) is 9.49. The maximum atomic E-state index is 13.1. The van der Waals surface area contributed by atoms with Crippen molar-refractivity contribution in [3.05, 3.63) is 63.9 Å². The van der Waals surface area contributed by atoms with E-state index in [9.17, 15) is 9.18 Å². The zero-order valence-electron chi connectivity index (χ0n) is 10.7. The van der Waals surface area contributed by atoms with Gasteiger partial charge in [-0.1, -0.05) is 34.1 Å². The van der Waals surface area contributed by atoms with Gasteiger partial charge in [-0.25, -0.2) is 9.18 Å². The highest BCUT2D eigenvalue weighted by Crippen LogP contribution is 2.28. The second-order valence-corrected chi connectivity index (χ2v) is 5.24. The summed E-state index contributed by atoms with van der Waals surface area (Å²) < 4.78 is 13.7. The summed E-state index contributed by atoms with van der Waals surface area (Å²) in [5.74, 6) is -1.31. The molecule has 5 heteroatoms. The Bertz CT molecular complexity index is 646. The van der Waals surface area contributed by atoms with Gasteiger partial charge in [0.25, 0.3) is 0 Å². The van der Waals surface area contributed by atoms with E-state index < -0.39 is 5.97 Å². The van der Waals surface area contributed by atoms with Crippen molar-refractivity contribution < 1.29 is 14.3 Å². The lowest BCUT2D eigenvalue weighted by Crippen LogP contribution is -2.11. The number of carboxylic acids is 1. The molecule has 0 aliphatic rings. The number of aromatic carboxylic acids is 1. The van der Waals surface area contributed by atoms with Crippen LogP contribution in [0, 0.1) is 5.82 Å². The monoisotopic (exact) mass is 337 g/mol. The standard InChI is InChI=1S/C15H13BrFNO2/c1-9(11-7-6-10(17)8-13(11)16)18-14-5-3-2-4-12(14)15(19)20/h2-9,18H,1H3,(H,19,20). The van der Waals surface area contributed by atoms with Crippen LogP contribution >= 0.6 is 15.9 Å². The molecule has 0 aliphatic carbocycles. The van der Waals surface area contributed by atoms with E-state index in [-0.39, 0.29) is 17.4 Å². The molecular weight excluding hydrogens is 325 g/mol. The number of para-hydroxylation sites is 1. The summed E-state index contributed by atoms with van der Waals surface area (Å²) in [6.07, 6.45) is 0. The van der Waals surface area contributed by atoms with Crippen LogP contribution in [0.5, 0.6) is 0 Å². The molecule has 0 amide bonds. The van der Waals surface area contributed by atoms with Crippen molar-refractivity contribution in [2.75, 3.05) is 5.32 Å². The Balaban J connectivity index is 2.28. The van der Waals surface area contributed by atoms with Gasteiger partial charge in [0.15, 0.2) is 0 Å². The number of carboxylic acid groups (broad SMARTS) is 1. The number of benzene rings is 2. The van der Waals surface area contributed by atoms with Gasteiger partial charge in [-0.15, -0.1) is 0 Å². The fourth-order valence-electron chi connectivity index (χ4n) is 1.96. The largest absolute Gasteiger partial charge is 0.478 e. The number of hydrogen-bond donors (Lipinski definition) is 2. The SMILES string of the molecule is CC(Nc1ccccc1C(=O)O)c1ccc(F)cc1Br. The zero-order valence-corrected chi connectivity index (χ0v) is 12.3. The van der Waals surface area contributed by atoms with Gasteiger partial charge in [0, 0.05) is 16.2 Å². The molecule has 1 atom stereocenters. The van der Waals surface area contributed by atoms with Crippen molar-refractivity contribution in [1.82, 2.24) is 0 Å². The molecule has 2 rings (SSSR count). The highest BCUT2D eigenvalue weighted by molar-refractivity contribution is 9.10. The van der Waals surface area contributed by atoms with Crippen LogP contribution in [-0.4, -0.2) is 11.1 Å². The molecule has 0 aliphatic heterocycles. The lowest BCUT2D eigenvalue weighted by molar-refractivity contribution is 0.0698. The summed E-state index contributed by atoms with van der Waals surface area (Å²) in [6.45, 7) is 1.89. The average molecular weight is 338 g/mol. The summed E-state index contributed by atoms with van der Waals surface area (Å²) in [5, 5.41) is 12.3. The van der Waals surface area contributed by atoms with Crippen molar-refractivity contribution in [3.63, 3.8) is 0 Å². The van der Waals surface area contributed by atoms with Crippen molar-refractivity contribution in [2.24, 2.45) is 0 Å². The molecule has 2 aromatic rings. The third-order valence-electron chi connectivity index (χ3n) is 2.96. The summed E-state index contributed by atoms with van der Waals surface area (Å²) in [7, 11) is 0. The fourth-order valence-corrected chi connectivity index (χ4v) is 2.65. The number of carbonyl (C=O) groups is 1. The van der Waals surface area contributed by atoms with Crippen molar-refractivity contribution in [2.45, 2.75) is 13.0 Å². The third kappa shape index (κ3) is 3.17. The van der Waals surface area contributed by atoms with E-state index in [0.717, 1.165) is 5.56 Å². The topological polar surface area (TPSA) is 49.3 Å². The molecule has 2 N–H and O–H groups in total. The molecule has 2 aromatic carbocycles. The number of rotatable bonds is 4. The second-order valence-electron chi connectivity index (χ2n) is 4.38. The smallest absolute Gasteiger partial charge is 0.337 e.